The van der Waals surface area contributed by atoms with Crippen LogP contribution in [0.25, 0.3) is 5.57 Å². The van der Waals surface area contributed by atoms with Gasteiger partial charge in [0.2, 0.25) is 0 Å². The van der Waals surface area contributed by atoms with Crippen LogP contribution in [-0.4, -0.2) is 14.2 Å². The quantitative estimate of drug-likeness (QED) is 0.798. The highest BCUT2D eigenvalue weighted by atomic mass is 32.2. The summed E-state index contributed by atoms with van der Waals surface area (Å²) in [6.07, 6.45) is 3.44. The van der Waals surface area contributed by atoms with E-state index in [9.17, 15) is 4.21 Å². The van der Waals surface area contributed by atoms with Crippen molar-refractivity contribution in [2.24, 2.45) is 5.14 Å². The van der Waals surface area contributed by atoms with Crippen molar-refractivity contribution in [2.75, 3.05) is 0 Å². The lowest BCUT2D eigenvalue weighted by molar-refractivity contribution is 0.688. The molecular formula is C9H13N3OS. The van der Waals surface area contributed by atoms with E-state index in [0.29, 0.717) is 10.7 Å². The van der Waals surface area contributed by atoms with Crippen LogP contribution in [0, 0.1) is 6.92 Å². The van der Waals surface area contributed by atoms with Gasteiger partial charge >= 0.3 is 0 Å². The molecule has 0 saturated heterocycles. The van der Waals surface area contributed by atoms with Gasteiger partial charge < -0.3 is 0 Å². The first-order valence-corrected chi connectivity index (χ1v) is 5.36. The average Bonchev–Trinajstić information content (AvgIpc) is 2.16. The number of aromatic nitrogens is 2. The minimum absolute atomic E-state index is 0.576. The molecule has 14 heavy (non-hydrogen) atoms. The summed E-state index contributed by atoms with van der Waals surface area (Å²) in [5.74, 6) is 0.576. The predicted molar refractivity (Wildman–Crippen MR) is 57.4 cm³/mol. The Morgan fingerprint density at radius 3 is 2.29 bits per heavy atom. The van der Waals surface area contributed by atoms with Gasteiger partial charge in [0.1, 0.15) is 11.0 Å². The molecule has 76 valence electrons. The summed E-state index contributed by atoms with van der Waals surface area (Å²) in [6.45, 7) is 5.44. The molecule has 0 saturated carbocycles. The van der Waals surface area contributed by atoms with Gasteiger partial charge in [-0.2, -0.15) is 0 Å². The fourth-order valence-corrected chi connectivity index (χ4v) is 1.29. The third-order valence-corrected chi connectivity index (χ3v) is 2.86. The van der Waals surface area contributed by atoms with E-state index in [1.165, 1.54) is 0 Å². The summed E-state index contributed by atoms with van der Waals surface area (Å²) < 4.78 is 11.0. The van der Waals surface area contributed by atoms with E-state index in [4.69, 9.17) is 5.14 Å². The Morgan fingerprint density at radius 1 is 1.36 bits per heavy atom. The van der Waals surface area contributed by atoms with Crippen LogP contribution in [0.1, 0.15) is 25.2 Å². The molecule has 0 amide bonds. The number of hydrogen-bond donors (Lipinski definition) is 1. The summed E-state index contributed by atoms with van der Waals surface area (Å²) in [4.78, 5) is 8.85. The van der Waals surface area contributed by atoms with Gasteiger partial charge in [-0.25, -0.2) is 19.3 Å². The Kier molecular flexibility index (Phi) is 3.49. The smallest absolute Gasteiger partial charge is 0.155 e. The van der Waals surface area contributed by atoms with E-state index >= 15 is 0 Å². The van der Waals surface area contributed by atoms with Gasteiger partial charge in [0.05, 0.1) is 0 Å². The zero-order valence-corrected chi connectivity index (χ0v) is 9.26. The zero-order valence-electron chi connectivity index (χ0n) is 8.44. The number of aryl methyl sites for hydroxylation is 1. The van der Waals surface area contributed by atoms with Gasteiger partial charge in [0, 0.05) is 22.9 Å². The van der Waals surface area contributed by atoms with Gasteiger partial charge in [-0.15, -0.1) is 0 Å². The molecule has 0 aliphatic carbocycles. The van der Waals surface area contributed by atoms with Crippen LogP contribution in [0.3, 0.4) is 0 Å². The first kappa shape index (κ1) is 11.0. The molecule has 0 bridgehead atoms. The van der Waals surface area contributed by atoms with Gasteiger partial charge in [0.25, 0.3) is 0 Å². The maximum absolute atomic E-state index is 11.0. The first-order valence-electron chi connectivity index (χ1n) is 4.15. The molecule has 1 rings (SSSR count). The summed E-state index contributed by atoms with van der Waals surface area (Å²) >= 11 is 0. The number of hydrogen-bond acceptors (Lipinski definition) is 3. The molecule has 0 aromatic carbocycles. The zero-order chi connectivity index (χ0) is 10.7. The maximum Gasteiger partial charge on any atom is 0.155 e. The molecular weight excluding hydrogens is 198 g/mol. The van der Waals surface area contributed by atoms with E-state index in [1.807, 2.05) is 13.8 Å². The molecule has 0 spiro atoms. The maximum atomic E-state index is 11.0. The van der Waals surface area contributed by atoms with Gasteiger partial charge in [-0.1, -0.05) is 0 Å². The van der Waals surface area contributed by atoms with Crippen LogP contribution in [0.4, 0.5) is 0 Å². The largest absolute Gasteiger partial charge is 0.248 e. The minimum atomic E-state index is -1.45. The normalized spacial score (nSPS) is 14.9. The standard InChI is InChI=1S/C9H13N3OS/c1-6-4-11-9(12-5-6)7(2)8(3)14(10)13/h4-5H,10H2,1-3H3/b8-7+. The van der Waals surface area contributed by atoms with E-state index in [0.717, 1.165) is 11.1 Å². The molecule has 0 aliphatic heterocycles. The Labute approximate surface area is 85.9 Å². The molecule has 1 unspecified atom stereocenters. The molecule has 2 N–H and O–H groups in total. The molecule has 0 aliphatic rings. The molecule has 5 heteroatoms. The fraction of sp³-hybridized carbons (Fsp3) is 0.333. The number of allylic oxidation sites excluding steroid dienone is 2. The van der Waals surface area contributed by atoms with Crippen molar-refractivity contribution in [3.05, 3.63) is 28.7 Å². The van der Waals surface area contributed by atoms with E-state index in [1.54, 1.807) is 19.3 Å². The minimum Gasteiger partial charge on any atom is -0.248 e. The summed E-state index contributed by atoms with van der Waals surface area (Å²) in [5, 5.41) is 5.26. The van der Waals surface area contributed by atoms with Crippen molar-refractivity contribution < 1.29 is 4.21 Å². The lowest BCUT2D eigenvalue weighted by atomic mass is 10.2. The topological polar surface area (TPSA) is 68.9 Å². The van der Waals surface area contributed by atoms with Crippen LogP contribution < -0.4 is 5.14 Å². The van der Waals surface area contributed by atoms with Crippen molar-refractivity contribution in [2.45, 2.75) is 20.8 Å². The van der Waals surface area contributed by atoms with Gasteiger partial charge in [0.15, 0.2) is 5.82 Å². The Morgan fingerprint density at radius 2 is 1.86 bits per heavy atom. The molecule has 1 atom stereocenters. The summed E-state index contributed by atoms with van der Waals surface area (Å²) in [5.41, 5.74) is 1.76. The van der Waals surface area contributed by atoms with Crippen LogP contribution in [-0.2, 0) is 11.0 Å². The first-order chi connectivity index (χ1) is 6.52. The number of nitrogens with two attached hydrogens (primary N) is 1. The highest BCUT2D eigenvalue weighted by molar-refractivity contribution is 7.86. The number of nitrogens with zero attached hydrogens (tertiary/aromatic N) is 2. The molecule has 0 fully saturated rings. The monoisotopic (exact) mass is 211 g/mol. The molecule has 4 nitrogen and oxygen atoms in total. The van der Waals surface area contributed by atoms with Crippen LogP contribution in [0.5, 0.6) is 0 Å². The van der Waals surface area contributed by atoms with Crippen molar-refractivity contribution in [3.63, 3.8) is 0 Å². The highest BCUT2D eigenvalue weighted by Gasteiger charge is 2.06. The summed E-state index contributed by atoms with van der Waals surface area (Å²) in [6, 6.07) is 0. The molecule has 1 aromatic heterocycles. The van der Waals surface area contributed by atoms with Crippen LogP contribution in [0.15, 0.2) is 17.3 Å². The fourth-order valence-electron chi connectivity index (χ4n) is 0.895. The lowest BCUT2D eigenvalue weighted by Gasteiger charge is -2.03. The number of rotatable bonds is 2. The van der Waals surface area contributed by atoms with E-state index in [-0.39, 0.29) is 0 Å². The average molecular weight is 211 g/mol. The third-order valence-electron chi connectivity index (χ3n) is 1.95. The van der Waals surface area contributed by atoms with Gasteiger partial charge in [-0.05, 0) is 26.3 Å². The Hall–Kier alpha value is -1.07. The third kappa shape index (κ3) is 2.46. The van der Waals surface area contributed by atoms with E-state index < -0.39 is 11.0 Å². The Balaban J connectivity index is 3.12. The van der Waals surface area contributed by atoms with Crippen molar-refractivity contribution in [1.29, 1.82) is 0 Å². The second kappa shape index (κ2) is 4.43. The van der Waals surface area contributed by atoms with Crippen molar-refractivity contribution >= 4 is 16.6 Å². The molecule has 0 radical (unpaired) electrons. The van der Waals surface area contributed by atoms with Crippen LogP contribution >= 0.6 is 0 Å². The van der Waals surface area contributed by atoms with Gasteiger partial charge in [-0.3, -0.25) is 0 Å². The highest BCUT2D eigenvalue weighted by Crippen LogP contribution is 2.14. The predicted octanol–water partition coefficient (Wildman–Crippen LogP) is 1.16. The second-order valence-corrected chi connectivity index (χ2v) is 4.27. The lowest BCUT2D eigenvalue weighted by Crippen LogP contribution is -2.05. The SMILES string of the molecule is C/C(=C(/C)S(N)=O)c1ncc(C)cn1. The van der Waals surface area contributed by atoms with Crippen LogP contribution in [0.2, 0.25) is 0 Å². The molecule has 1 heterocycles. The Bertz CT molecular complexity index is 384. The van der Waals surface area contributed by atoms with Crippen molar-refractivity contribution in [1.82, 2.24) is 9.97 Å². The van der Waals surface area contributed by atoms with E-state index in [2.05, 4.69) is 9.97 Å². The summed E-state index contributed by atoms with van der Waals surface area (Å²) in [7, 11) is -1.45. The molecule has 1 aromatic rings. The van der Waals surface area contributed by atoms with Crippen molar-refractivity contribution in [3.8, 4) is 0 Å². The second-order valence-electron chi connectivity index (χ2n) is 3.06.